The summed E-state index contributed by atoms with van der Waals surface area (Å²) in [4.78, 5) is 30.6. The largest absolute Gasteiger partial charge is 0.438 e. The number of carbonyl (C=O) groups is 1. The van der Waals surface area contributed by atoms with Gasteiger partial charge in [0.1, 0.15) is 12.5 Å². The van der Waals surface area contributed by atoms with Crippen LogP contribution in [-0.4, -0.2) is 38.7 Å². The Kier molecular flexibility index (Phi) is 5.31. The van der Waals surface area contributed by atoms with Crippen LogP contribution in [0.5, 0.6) is 0 Å². The molecule has 1 atom stereocenters. The van der Waals surface area contributed by atoms with E-state index in [2.05, 4.69) is 15.4 Å². The van der Waals surface area contributed by atoms with E-state index in [0.717, 1.165) is 19.4 Å². The second-order valence-electron chi connectivity index (χ2n) is 6.56. The van der Waals surface area contributed by atoms with Gasteiger partial charge in [-0.2, -0.15) is 4.68 Å². The zero-order chi connectivity index (χ0) is 19.5. The van der Waals surface area contributed by atoms with Crippen LogP contribution >= 0.6 is 11.3 Å². The molecular weight excluding hydrogens is 385 g/mol. The number of hydrogen-bond donors (Lipinski definition) is 1. The van der Waals surface area contributed by atoms with Gasteiger partial charge in [0.15, 0.2) is 5.13 Å². The van der Waals surface area contributed by atoms with Crippen LogP contribution in [-0.2, 0) is 11.5 Å². The van der Waals surface area contributed by atoms with Gasteiger partial charge in [-0.1, -0.05) is 0 Å². The SMILES string of the molecule is O=C(Nc1nccs1)C1CCCN(Cn2nc(-c3ccc(F)cc3)oc2=O)C1. The Labute approximate surface area is 163 Å². The van der Waals surface area contributed by atoms with Crippen LogP contribution in [0.2, 0.25) is 0 Å². The lowest BCUT2D eigenvalue weighted by molar-refractivity contribution is -0.121. The lowest BCUT2D eigenvalue weighted by Crippen LogP contribution is -2.42. The third-order valence-corrected chi connectivity index (χ3v) is 5.26. The fourth-order valence-corrected chi connectivity index (χ4v) is 3.72. The molecule has 4 rings (SSSR count). The summed E-state index contributed by atoms with van der Waals surface area (Å²) < 4.78 is 19.5. The summed E-state index contributed by atoms with van der Waals surface area (Å²) in [6.07, 6.45) is 3.26. The van der Waals surface area contributed by atoms with Crippen LogP contribution in [0, 0.1) is 11.7 Å². The van der Waals surface area contributed by atoms with Crippen molar-refractivity contribution in [1.29, 1.82) is 0 Å². The molecule has 8 nitrogen and oxygen atoms in total. The van der Waals surface area contributed by atoms with Crippen molar-refractivity contribution in [2.24, 2.45) is 5.92 Å². The Morgan fingerprint density at radius 2 is 2.18 bits per heavy atom. The van der Waals surface area contributed by atoms with Crippen molar-refractivity contribution in [3.63, 3.8) is 0 Å². The molecule has 1 aliphatic heterocycles. The van der Waals surface area contributed by atoms with Crippen molar-refractivity contribution < 1.29 is 13.6 Å². The van der Waals surface area contributed by atoms with Crippen molar-refractivity contribution in [1.82, 2.24) is 19.7 Å². The fraction of sp³-hybridized carbons (Fsp3) is 0.333. The summed E-state index contributed by atoms with van der Waals surface area (Å²) in [5.74, 6) is -1.08. The molecule has 2 aromatic heterocycles. The fourth-order valence-electron chi connectivity index (χ4n) is 3.18. The average molecular weight is 403 g/mol. The number of amides is 1. The van der Waals surface area contributed by atoms with E-state index < -0.39 is 5.76 Å². The van der Waals surface area contributed by atoms with Gasteiger partial charge in [-0.05, 0) is 43.7 Å². The van der Waals surface area contributed by atoms with Gasteiger partial charge in [0.05, 0.1) is 5.92 Å². The highest BCUT2D eigenvalue weighted by Crippen LogP contribution is 2.20. The summed E-state index contributed by atoms with van der Waals surface area (Å²) in [6, 6.07) is 5.57. The van der Waals surface area contributed by atoms with Crippen LogP contribution in [0.15, 0.2) is 45.1 Å². The normalized spacial score (nSPS) is 17.5. The predicted molar refractivity (Wildman–Crippen MR) is 101 cm³/mol. The van der Waals surface area contributed by atoms with E-state index in [1.54, 1.807) is 11.6 Å². The summed E-state index contributed by atoms with van der Waals surface area (Å²) in [7, 11) is 0. The molecule has 1 fully saturated rings. The maximum absolute atomic E-state index is 13.1. The van der Waals surface area contributed by atoms with Gasteiger partial charge in [0.25, 0.3) is 0 Å². The highest BCUT2D eigenvalue weighted by atomic mass is 32.1. The van der Waals surface area contributed by atoms with Gasteiger partial charge in [0, 0.05) is 23.7 Å². The van der Waals surface area contributed by atoms with E-state index in [1.165, 1.54) is 40.3 Å². The zero-order valence-corrected chi connectivity index (χ0v) is 15.7. The molecule has 1 aliphatic rings. The molecule has 1 unspecified atom stereocenters. The highest BCUT2D eigenvalue weighted by molar-refractivity contribution is 7.13. The number of anilines is 1. The van der Waals surface area contributed by atoms with Crippen LogP contribution in [0.4, 0.5) is 9.52 Å². The van der Waals surface area contributed by atoms with Gasteiger partial charge >= 0.3 is 5.76 Å². The van der Waals surface area contributed by atoms with Crippen molar-refractivity contribution in [3.05, 3.63) is 52.2 Å². The number of benzene rings is 1. The lowest BCUT2D eigenvalue weighted by atomic mass is 9.97. The standard InChI is InChI=1S/C18H18FN5O3S/c19-14-5-3-12(4-6-14)16-22-24(18(26)27-16)11-23-8-1-2-13(10-23)15(25)21-17-20-7-9-28-17/h3-7,9,13H,1-2,8,10-11H2,(H,20,21,25). The first kappa shape index (κ1) is 18.5. The number of thiazole rings is 1. The van der Waals surface area contributed by atoms with Crippen molar-refractivity contribution in [2.45, 2.75) is 19.5 Å². The first-order valence-corrected chi connectivity index (χ1v) is 9.73. The third kappa shape index (κ3) is 4.18. The Bertz CT molecular complexity index is 999. The molecule has 0 spiro atoms. The average Bonchev–Trinajstić information content (AvgIpc) is 3.33. The number of nitrogens with zero attached hydrogens (tertiary/aromatic N) is 4. The smallest absolute Gasteiger partial charge is 0.388 e. The molecule has 0 radical (unpaired) electrons. The molecule has 0 saturated carbocycles. The van der Waals surface area contributed by atoms with Crippen LogP contribution in [0.3, 0.4) is 0 Å². The van der Waals surface area contributed by atoms with Crippen molar-refractivity contribution >= 4 is 22.4 Å². The Balaban J connectivity index is 1.42. The zero-order valence-electron chi connectivity index (χ0n) is 14.9. The summed E-state index contributed by atoms with van der Waals surface area (Å²) in [5.41, 5.74) is 0.525. The molecule has 1 amide bonds. The molecule has 3 heterocycles. The van der Waals surface area contributed by atoms with Gasteiger partial charge in [0.2, 0.25) is 11.8 Å². The van der Waals surface area contributed by atoms with Gasteiger partial charge in [-0.15, -0.1) is 16.4 Å². The van der Waals surface area contributed by atoms with Crippen LogP contribution in [0.1, 0.15) is 12.8 Å². The molecule has 1 saturated heterocycles. The lowest BCUT2D eigenvalue weighted by Gasteiger charge is -2.31. The van der Waals surface area contributed by atoms with Gasteiger partial charge < -0.3 is 9.73 Å². The maximum Gasteiger partial charge on any atom is 0.438 e. The minimum atomic E-state index is -0.589. The van der Waals surface area contributed by atoms with E-state index in [9.17, 15) is 14.0 Å². The Morgan fingerprint density at radius 1 is 1.36 bits per heavy atom. The van der Waals surface area contributed by atoms with E-state index in [-0.39, 0.29) is 30.2 Å². The third-order valence-electron chi connectivity index (χ3n) is 4.57. The molecular formula is C18H18FN5O3S. The Morgan fingerprint density at radius 3 is 2.93 bits per heavy atom. The van der Waals surface area contributed by atoms with E-state index in [1.807, 2.05) is 4.90 Å². The number of likely N-dealkylation sites (tertiary alicyclic amines) is 1. The number of carbonyl (C=O) groups excluding carboxylic acids is 1. The molecule has 1 aromatic carbocycles. The monoisotopic (exact) mass is 403 g/mol. The first-order valence-electron chi connectivity index (χ1n) is 8.85. The molecule has 0 bridgehead atoms. The van der Waals surface area contributed by atoms with Crippen LogP contribution < -0.4 is 11.1 Å². The number of aromatic nitrogens is 3. The van der Waals surface area contributed by atoms with E-state index in [0.29, 0.717) is 17.2 Å². The van der Waals surface area contributed by atoms with Crippen molar-refractivity contribution in [2.75, 3.05) is 18.4 Å². The number of nitrogens with one attached hydrogen (secondary N) is 1. The number of hydrogen-bond acceptors (Lipinski definition) is 7. The number of halogens is 1. The summed E-state index contributed by atoms with van der Waals surface area (Å²) in [5, 5.41) is 9.41. The molecule has 146 valence electrons. The highest BCUT2D eigenvalue weighted by Gasteiger charge is 2.27. The van der Waals surface area contributed by atoms with Gasteiger partial charge in [-0.25, -0.2) is 14.2 Å². The summed E-state index contributed by atoms with van der Waals surface area (Å²) in [6.45, 7) is 1.50. The van der Waals surface area contributed by atoms with E-state index >= 15 is 0 Å². The first-order chi connectivity index (χ1) is 13.6. The van der Waals surface area contributed by atoms with Crippen LogP contribution in [0.25, 0.3) is 11.5 Å². The summed E-state index contributed by atoms with van der Waals surface area (Å²) >= 11 is 1.37. The maximum atomic E-state index is 13.1. The molecule has 0 aliphatic carbocycles. The number of rotatable bonds is 5. The second kappa shape index (κ2) is 8.03. The Hall–Kier alpha value is -2.85. The second-order valence-corrected chi connectivity index (χ2v) is 7.46. The minimum Gasteiger partial charge on any atom is -0.388 e. The molecule has 1 N–H and O–H groups in total. The van der Waals surface area contributed by atoms with Crippen molar-refractivity contribution in [3.8, 4) is 11.5 Å². The van der Waals surface area contributed by atoms with Gasteiger partial charge in [-0.3, -0.25) is 9.69 Å². The quantitative estimate of drug-likeness (QED) is 0.703. The minimum absolute atomic E-state index is 0.0702. The molecule has 28 heavy (non-hydrogen) atoms. The predicted octanol–water partition coefficient (Wildman–Crippen LogP) is 2.41. The number of piperidine rings is 1. The molecule has 10 heteroatoms. The van der Waals surface area contributed by atoms with E-state index in [4.69, 9.17) is 4.42 Å². The topological polar surface area (TPSA) is 93.3 Å². The molecule has 3 aromatic rings.